The van der Waals surface area contributed by atoms with Gasteiger partial charge in [-0.3, -0.25) is 4.79 Å². The first-order chi connectivity index (χ1) is 12.9. The van der Waals surface area contributed by atoms with Gasteiger partial charge < -0.3 is 11.1 Å². The molecule has 0 aliphatic heterocycles. The van der Waals surface area contributed by atoms with Crippen molar-refractivity contribution in [3.63, 3.8) is 0 Å². The lowest BCUT2D eigenvalue weighted by molar-refractivity contribution is -0.441. The Kier molecular flexibility index (Phi) is 6.13. The van der Waals surface area contributed by atoms with Crippen molar-refractivity contribution in [2.24, 2.45) is 5.92 Å². The number of rotatable bonds is 7. The molecule has 1 aromatic carbocycles. The molecule has 4 N–H and O–H groups in total. The normalized spacial score (nSPS) is 13.7. The van der Waals surface area contributed by atoms with Crippen LogP contribution in [0.4, 0.5) is 5.69 Å². The quantitative estimate of drug-likeness (QED) is 0.589. The number of carbonyl (C=O) groups excluding carboxylic acids is 1. The molecule has 9 heteroatoms. The minimum atomic E-state index is -0.0467. The van der Waals surface area contributed by atoms with Crippen LogP contribution in [-0.2, 0) is 4.79 Å². The van der Waals surface area contributed by atoms with Gasteiger partial charge in [-0.2, -0.15) is 4.52 Å². The molecule has 0 radical (unpaired) electrons. The molecule has 0 fully saturated rings. The summed E-state index contributed by atoms with van der Waals surface area (Å²) in [7, 11) is 0. The molecule has 3 rings (SSSR count). The molecule has 2 aromatic heterocycles. The number of fused-ring (bicyclic) bond motifs is 1. The molecular weight excluding hydrogens is 380 g/mol. The highest BCUT2D eigenvalue weighted by atomic mass is 32.2. The van der Waals surface area contributed by atoms with Crippen LogP contribution in [0.25, 0.3) is 4.96 Å². The number of thioether (sulfide) groups is 1. The Bertz CT molecular complexity index is 951. The van der Waals surface area contributed by atoms with Crippen molar-refractivity contribution in [2.75, 3.05) is 11.1 Å². The fourth-order valence-corrected chi connectivity index (χ4v) is 4.31. The van der Waals surface area contributed by atoms with Crippen molar-refractivity contribution < 1.29 is 10.5 Å². The molecule has 144 valence electrons. The lowest BCUT2D eigenvalue weighted by Gasteiger charge is -2.11. The van der Waals surface area contributed by atoms with Gasteiger partial charge in [0.05, 0.1) is 5.75 Å². The number of nitrogens with zero attached hydrogens (tertiary/aromatic N) is 4. The SMILES string of the molecule is CC[C@H](C)[C@H]([NH3+])c1nnc2sc(SCC(=O)Nc3cc(C)ccc3C)nn12. The molecule has 0 bridgehead atoms. The lowest BCUT2D eigenvalue weighted by atomic mass is 10.00. The van der Waals surface area contributed by atoms with Crippen molar-refractivity contribution in [3.05, 3.63) is 35.2 Å². The van der Waals surface area contributed by atoms with E-state index < -0.39 is 0 Å². The first-order valence-electron chi connectivity index (χ1n) is 8.94. The van der Waals surface area contributed by atoms with E-state index in [0.717, 1.165) is 38.4 Å². The van der Waals surface area contributed by atoms with E-state index in [1.54, 1.807) is 4.52 Å². The third kappa shape index (κ3) is 4.48. The van der Waals surface area contributed by atoms with Gasteiger partial charge in [0.25, 0.3) is 0 Å². The topological polar surface area (TPSA) is 99.8 Å². The van der Waals surface area contributed by atoms with Gasteiger partial charge in [0, 0.05) is 11.6 Å². The van der Waals surface area contributed by atoms with E-state index in [1.807, 2.05) is 32.0 Å². The predicted molar refractivity (Wildman–Crippen MR) is 109 cm³/mol. The van der Waals surface area contributed by atoms with Crippen molar-refractivity contribution in [1.29, 1.82) is 0 Å². The first kappa shape index (κ1) is 19.8. The highest BCUT2D eigenvalue weighted by Crippen LogP contribution is 2.27. The summed E-state index contributed by atoms with van der Waals surface area (Å²) >= 11 is 2.85. The summed E-state index contributed by atoms with van der Waals surface area (Å²) in [6.45, 7) is 8.28. The van der Waals surface area contributed by atoms with Crippen molar-refractivity contribution in [3.8, 4) is 0 Å². The maximum atomic E-state index is 12.3. The van der Waals surface area contributed by atoms with E-state index in [4.69, 9.17) is 0 Å². The molecule has 7 nitrogen and oxygen atoms in total. The molecule has 2 heterocycles. The monoisotopic (exact) mass is 405 g/mol. The molecule has 0 aliphatic carbocycles. The summed E-state index contributed by atoms with van der Waals surface area (Å²) in [5, 5.41) is 16.0. The molecule has 0 unspecified atom stereocenters. The van der Waals surface area contributed by atoms with Crippen LogP contribution in [0.2, 0.25) is 0 Å². The van der Waals surface area contributed by atoms with E-state index in [9.17, 15) is 4.79 Å². The zero-order valence-electron chi connectivity index (χ0n) is 16.0. The minimum absolute atomic E-state index is 0.0394. The molecule has 0 aliphatic rings. The van der Waals surface area contributed by atoms with Crippen molar-refractivity contribution in [2.45, 2.75) is 44.5 Å². The van der Waals surface area contributed by atoms with Crippen LogP contribution >= 0.6 is 23.1 Å². The molecule has 3 aromatic rings. The van der Waals surface area contributed by atoms with Gasteiger partial charge in [-0.05, 0) is 37.5 Å². The molecule has 27 heavy (non-hydrogen) atoms. The molecule has 2 atom stereocenters. The maximum absolute atomic E-state index is 12.3. The predicted octanol–water partition coefficient (Wildman–Crippen LogP) is 2.86. The van der Waals surface area contributed by atoms with E-state index in [-0.39, 0.29) is 11.9 Å². The van der Waals surface area contributed by atoms with E-state index in [2.05, 4.69) is 40.2 Å². The lowest BCUT2D eigenvalue weighted by Crippen LogP contribution is -2.57. The Balaban J connectivity index is 1.66. The van der Waals surface area contributed by atoms with E-state index in [0.29, 0.717) is 11.7 Å². The number of hydrogen-bond donors (Lipinski definition) is 2. The summed E-state index contributed by atoms with van der Waals surface area (Å²) in [4.78, 5) is 13.0. The van der Waals surface area contributed by atoms with Crippen LogP contribution in [0.5, 0.6) is 0 Å². The van der Waals surface area contributed by atoms with Crippen molar-refractivity contribution >= 4 is 39.7 Å². The first-order valence-corrected chi connectivity index (χ1v) is 10.7. The highest BCUT2D eigenvalue weighted by molar-refractivity contribution is 8.01. The average Bonchev–Trinajstić information content (AvgIpc) is 3.22. The number of carbonyl (C=O) groups is 1. The van der Waals surface area contributed by atoms with Crippen molar-refractivity contribution in [1.82, 2.24) is 19.8 Å². The highest BCUT2D eigenvalue weighted by Gasteiger charge is 2.25. The van der Waals surface area contributed by atoms with Crippen LogP contribution < -0.4 is 11.1 Å². The Morgan fingerprint density at radius 2 is 2.15 bits per heavy atom. The second kappa shape index (κ2) is 8.37. The number of nitrogens with one attached hydrogen (secondary N) is 1. The molecule has 0 spiro atoms. The zero-order valence-corrected chi connectivity index (χ0v) is 17.7. The third-order valence-electron chi connectivity index (χ3n) is 4.65. The Morgan fingerprint density at radius 3 is 2.89 bits per heavy atom. The number of hydrogen-bond acceptors (Lipinski definition) is 6. The second-order valence-electron chi connectivity index (χ2n) is 6.77. The zero-order chi connectivity index (χ0) is 19.6. The molecule has 0 saturated heterocycles. The smallest absolute Gasteiger partial charge is 0.235 e. The minimum Gasteiger partial charge on any atom is -0.348 e. The second-order valence-corrected chi connectivity index (χ2v) is 8.95. The van der Waals surface area contributed by atoms with Gasteiger partial charge in [-0.25, -0.2) is 0 Å². The van der Waals surface area contributed by atoms with Gasteiger partial charge >= 0.3 is 0 Å². The summed E-state index contributed by atoms with van der Waals surface area (Å²) in [6.07, 6.45) is 1.02. The number of aryl methyl sites for hydroxylation is 2. The molecular formula is C18H25N6OS2+. The van der Waals surface area contributed by atoms with E-state index >= 15 is 0 Å². The summed E-state index contributed by atoms with van der Waals surface area (Å²) in [5.74, 6) is 1.43. The van der Waals surface area contributed by atoms with Gasteiger partial charge in [0.15, 0.2) is 4.34 Å². The number of benzene rings is 1. The number of quaternary nitrogens is 1. The Labute approximate surface area is 166 Å². The van der Waals surface area contributed by atoms with Crippen LogP contribution in [0, 0.1) is 19.8 Å². The molecule has 1 amide bonds. The molecule has 0 saturated carbocycles. The number of amides is 1. The summed E-state index contributed by atoms with van der Waals surface area (Å²) in [5.41, 5.74) is 7.24. The maximum Gasteiger partial charge on any atom is 0.235 e. The summed E-state index contributed by atoms with van der Waals surface area (Å²) in [6, 6.07) is 6.06. The third-order valence-corrected chi connectivity index (χ3v) is 6.68. The fraction of sp³-hybridized carbons (Fsp3) is 0.444. The Morgan fingerprint density at radius 1 is 1.37 bits per heavy atom. The van der Waals surface area contributed by atoms with Gasteiger partial charge in [-0.1, -0.05) is 49.1 Å². The van der Waals surface area contributed by atoms with Crippen LogP contribution in [-0.4, -0.2) is 31.5 Å². The standard InChI is InChI=1S/C18H24N6OS2/c1-5-11(3)15(19)16-21-22-17-24(16)23-18(27-17)26-9-14(25)20-13-8-10(2)6-7-12(13)4/h6-8,11,15H,5,9,19H2,1-4H3,(H,20,25)/p+1/t11-,15-/m0/s1. The largest absolute Gasteiger partial charge is 0.348 e. The number of anilines is 1. The number of aromatic nitrogens is 4. The average molecular weight is 406 g/mol. The van der Waals surface area contributed by atoms with E-state index in [1.165, 1.54) is 23.1 Å². The summed E-state index contributed by atoms with van der Waals surface area (Å²) < 4.78 is 2.56. The van der Waals surface area contributed by atoms with Crippen LogP contribution in [0.15, 0.2) is 22.5 Å². The van der Waals surface area contributed by atoms with Gasteiger partial charge in [0.1, 0.15) is 6.04 Å². The van der Waals surface area contributed by atoms with Crippen LogP contribution in [0.3, 0.4) is 0 Å². The van der Waals surface area contributed by atoms with Gasteiger partial charge in [-0.15, -0.1) is 15.3 Å². The van der Waals surface area contributed by atoms with Gasteiger partial charge in [0.2, 0.25) is 16.7 Å². The van der Waals surface area contributed by atoms with Crippen LogP contribution in [0.1, 0.15) is 43.3 Å². The Hall–Kier alpha value is -1.97. The fourth-order valence-electron chi connectivity index (χ4n) is 2.63.